The van der Waals surface area contributed by atoms with Crippen molar-refractivity contribution in [3.05, 3.63) is 18.5 Å². The average Bonchev–Trinajstić information content (AvgIpc) is 3.08. The maximum Gasteiger partial charge on any atom is 0.247 e. The Morgan fingerprint density at radius 2 is 2.18 bits per heavy atom. The number of aliphatic hydroxyl groups is 1. The number of nitrogen functional groups attached to an aromatic ring is 1. The van der Waals surface area contributed by atoms with Crippen molar-refractivity contribution in [2.75, 3.05) is 12.3 Å². The molecule has 2 atom stereocenters. The summed E-state index contributed by atoms with van der Waals surface area (Å²) >= 11 is 0. The smallest absolute Gasteiger partial charge is 0.247 e. The average molecular weight is 301 g/mol. The number of nitrogens with zero attached hydrogens (tertiary/aromatic N) is 4. The van der Waals surface area contributed by atoms with Crippen molar-refractivity contribution in [2.24, 2.45) is 5.92 Å². The van der Waals surface area contributed by atoms with Gasteiger partial charge in [0.05, 0.1) is 12.4 Å². The molecule has 2 aliphatic carbocycles. The molecule has 22 heavy (non-hydrogen) atoms. The van der Waals surface area contributed by atoms with Crippen LogP contribution in [0.15, 0.2) is 18.5 Å². The highest BCUT2D eigenvalue weighted by Crippen LogP contribution is 2.33. The van der Waals surface area contributed by atoms with Gasteiger partial charge in [-0.2, -0.15) is 9.97 Å². The molecule has 3 N–H and O–H groups in total. The van der Waals surface area contributed by atoms with Crippen molar-refractivity contribution >= 4 is 17.1 Å². The largest absolute Gasteiger partial charge is 0.473 e. The molecule has 0 unspecified atom stereocenters. The Morgan fingerprint density at radius 1 is 1.32 bits per heavy atom. The first kappa shape index (κ1) is 13.5. The Balaban J connectivity index is 1.70. The highest BCUT2D eigenvalue weighted by molar-refractivity contribution is 5.77. The molecule has 0 aliphatic heterocycles. The highest BCUT2D eigenvalue weighted by Gasteiger charge is 2.25. The first-order valence-electron chi connectivity index (χ1n) is 7.70. The van der Waals surface area contributed by atoms with E-state index in [2.05, 4.69) is 21.0 Å². The highest BCUT2D eigenvalue weighted by atomic mass is 16.5. The second-order valence-corrected chi connectivity index (χ2v) is 6.01. The SMILES string of the molecule is Nc1nc(OC2CCC2)c2ncn([C@H]3C=C[C@@H](CO)C3)c2n1. The van der Waals surface area contributed by atoms with Gasteiger partial charge < -0.3 is 20.1 Å². The van der Waals surface area contributed by atoms with Crippen LogP contribution < -0.4 is 10.5 Å². The minimum Gasteiger partial charge on any atom is -0.473 e. The number of aromatic nitrogens is 4. The van der Waals surface area contributed by atoms with Gasteiger partial charge in [-0.15, -0.1) is 0 Å². The van der Waals surface area contributed by atoms with E-state index in [-0.39, 0.29) is 30.6 Å². The van der Waals surface area contributed by atoms with Crippen LogP contribution in [-0.4, -0.2) is 37.3 Å². The fraction of sp³-hybridized carbons (Fsp3) is 0.533. The number of nitrogens with two attached hydrogens (primary N) is 1. The molecule has 0 radical (unpaired) electrons. The Bertz CT molecular complexity index is 722. The lowest BCUT2D eigenvalue weighted by atomic mass is 9.96. The first-order valence-corrected chi connectivity index (χ1v) is 7.70. The molecule has 0 spiro atoms. The van der Waals surface area contributed by atoms with Crippen LogP contribution in [0.25, 0.3) is 11.2 Å². The van der Waals surface area contributed by atoms with E-state index in [0.29, 0.717) is 17.0 Å². The van der Waals surface area contributed by atoms with E-state index in [1.54, 1.807) is 6.33 Å². The zero-order valence-corrected chi connectivity index (χ0v) is 12.2. The third-order valence-electron chi connectivity index (χ3n) is 4.48. The third kappa shape index (κ3) is 2.21. The topological polar surface area (TPSA) is 99.1 Å². The summed E-state index contributed by atoms with van der Waals surface area (Å²) in [6.45, 7) is 0.160. The van der Waals surface area contributed by atoms with Crippen molar-refractivity contribution in [2.45, 2.75) is 37.8 Å². The number of aliphatic hydroxyl groups excluding tert-OH is 1. The van der Waals surface area contributed by atoms with Gasteiger partial charge in [-0.1, -0.05) is 12.2 Å². The summed E-state index contributed by atoms with van der Waals surface area (Å²) in [7, 11) is 0. The summed E-state index contributed by atoms with van der Waals surface area (Å²) in [6.07, 6.45) is 10.2. The Labute approximate surface area is 127 Å². The summed E-state index contributed by atoms with van der Waals surface area (Å²) in [5.41, 5.74) is 7.18. The molecular formula is C15H19N5O2. The van der Waals surface area contributed by atoms with Gasteiger partial charge in [-0.25, -0.2) is 4.98 Å². The van der Waals surface area contributed by atoms with Gasteiger partial charge in [-0.3, -0.25) is 0 Å². The lowest BCUT2D eigenvalue weighted by Crippen LogP contribution is -2.25. The zero-order chi connectivity index (χ0) is 15.1. The van der Waals surface area contributed by atoms with Crippen molar-refractivity contribution < 1.29 is 9.84 Å². The van der Waals surface area contributed by atoms with Crippen LogP contribution in [0.4, 0.5) is 5.95 Å². The standard InChI is InChI=1S/C15H19N5O2/c16-15-18-13-12(14(19-15)22-11-2-1-3-11)17-8-20(13)10-5-4-9(6-10)7-21/h4-5,8-11,21H,1-3,6-7H2,(H2,16,18,19)/t9-,10+/m1/s1. The van der Waals surface area contributed by atoms with Crippen molar-refractivity contribution in [3.63, 3.8) is 0 Å². The van der Waals surface area contributed by atoms with Gasteiger partial charge >= 0.3 is 0 Å². The molecule has 2 aliphatic rings. The molecule has 2 aromatic heterocycles. The van der Waals surface area contributed by atoms with Crippen LogP contribution in [0, 0.1) is 5.92 Å². The quantitative estimate of drug-likeness (QED) is 0.829. The predicted octanol–water partition coefficient (Wildman–Crippen LogP) is 1.45. The maximum absolute atomic E-state index is 9.27. The van der Waals surface area contributed by atoms with Crippen LogP contribution in [0.1, 0.15) is 31.7 Å². The minimum atomic E-state index is 0.132. The number of hydrogen-bond acceptors (Lipinski definition) is 6. The van der Waals surface area contributed by atoms with E-state index in [9.17, 15) is 5.11 Å². The first-order chi connectivity index (χ1) is 10.7. The minimum absolute atomic E-state index is 0.132. The molecule has 0 saturated heterocycles. The molecular weight excluding hydrogens is 282 g/mol. The van der Waals surface area contributed by atoms with Crippen LogP contribution >= 0.6 is 0 Å². The molecule has 2 aromatic rings. The number of ether oxygens (including phenoxy) is 1. The number of anilines is 1. The number of rotatable bonds is 4. The Hall–Kier alpha value is -2.15. The van der Waals surface area contributed by atoms with E-state index < -0.39 is 0 Å². The van der Waals surface area contributed by atoms with Crippen molar-refractivity contribution in [1.82, 2.24) is 19.5 Å². The molecule has 7 heteroatoms. The summed E-state index contributed by atoms with van der Waals surface area (Å²) in [4.78, 5) is 13.0. The summed E-state index contributed by atoms with van der Waals surface area (Å²) in [6, 6.07) is 0.132. The lowest BCUT2D eigenvalue weighted by molar-refractivity contribution is 0.116. The van der Waals surface area contributed by atoms with E-state index in [1.807, 2.05) is 10.6 Å². The Kier molecular flexibility index (Phi) is 3.22. The molecule has 2 heterocycles. The van der Waals surface area contributed by atoms with Gasteiger partial charge in [0.25, 0.3) is 0 Å². The van der Waals surface area contributed by atoms with Crippen LogP contribution in [0.3, 0.4) is 0 Å². The van der Waals surface area contributed by atoms with Gasteiger partial charge in [0, 0.05) is 12.5 Å². The lowest BCUT2D eigenvalue weighted by Gasteiger charge is -2.25. The number of allylic oxidation sites excluding steroid dienone is 1. The van der Waals surface area contributed by atoms with E-state index in [0.717, 1.165) is 19.3 Å². The fourth-order valence-corrected chi connectivity index (χ4v) is 2.97. The second kappa shape index (κ2) is 5.24. The molecule has 116 valence electrons. The molecule has 7 nitrogen and oxygen atoms in total. The molecule has 1 fully saturated rings. The van der Waals surface area contributed by atoms with Crippen molar-refractivity contribution in [1.29, 1.82) is 0 Å². The van der Waals surface area contributed by atoms with Crippen LogP contribution in [-0.2, 0) is 0 Å². The molecule has 4 rings (SSSR count). The van der Waals surface area contributed by atoms with Gasteiger partial charge in [-0.05, 0) is 25.7 Å². The van der Waals surface area contributed by atoms with Crippen LogP contribution in [0.2, 0.25) is 0 Å². The molecule has 0 amide bonds. The molecule has 0 aromatic carbocycles. The van der Waals surface area contributed by atoms with E-state index >= 15 is 0 Å². The fourth-order valence-electron chi connectivity index (χ4n) is 2.97. The van der Waals surface area contributed by atoms with E-state index in [1.165, 1.54) is 6.42 Å². The molecule has 0 bridgehead atoms. The summed E-state index contributed by atoms with van der Waals surface area (Å²) in [5.74, 6) is 0.864. The van der Waals surface area contributed by atoms with Crippen molar-refractivity contribution in [3.8, 4) is 5.88 Å². The third-order valence-corrected chi connectivity index (χ3v) is 4.48. The predicted molar refractivity (Wildman–Crippen MR) is 81.4 cm³/mol. The summed E-state index contributed by atoms with van der Waals surface area (Å²) in [5, 5.41) is 9.27. The second-order valence-electron chi connectivity index (χ2n) is 6.01. The van der Waals surface area contributed by atoms with Gasteiger partial charge in [0.15, 0.2) is 11.2 Å². The van der Waals surface area contributed by atoms with Gasteiger partial charge in [0.1, 0.15) is 6.10 Å². The summed E-state index contributed by atoms with van der Waals surface area (Å²) < 4.78 is 7.88. The maximum atomic E-state index is 9.27. The monoisotopic (exact) mass is 301 g/mol. The number of hydrogen-bond donors (Lipinski definition) is 2. The number of imidazole rings is 1. The molecule has 1 saturated carbocycles. The van der Waals surface area contributed by atoms with E-state index in [4.69, 9.17) is 10.5 Å². The number of fused-ring (bicyclic) bond motifs is 1. The van der Waals surface area contributed by atoms with Gasteiger partial charge in [0.2, 0.25) is 11.8 Å². The Morgan fingerprint density at radius 3 is 2.86 bits per heavy atom. The van der Waals surface area contributed by atoms with Crippen LogP contribution in [0.5, 0.6) is 5.88 Å². The normalized spacial score (nSPS) is 24.8. The zero-order valence-electron chi connectivity index (χ0n) is 12.2.